The molecular formula is C24H35IN4O3. The Morgan fingerprint density at radius 1 is 1.09 bits per heavy atom. The van der Waals surface area contributed by atoms with E-state index in [1.807, 2.05) is 42.5 Å². The van der Waals surface area contributed by atoms with Gasteiger partial charge in [0.1, 0.15) is 18.1 Å². The van der Waals surface area contributed by atoms with Crippen LogP contribution in [0.3, 0.4) is 0 Å². The van der Waals surface area contributed by atoms with Gasteiger partial charge in [0.2, 0.25) is 0 Å². The van der Waals surface area contributed by atoms with Crippen molar-refractivity contribution in [1.29, 1.82) is 0 Å². The smallest absolute Gasteiger partial charge is 0.191 e. The largest absolute Gasteiger partial charge is 0.497 e. The summed E-state index contributed by atoms with van der Waals surface area (Å²) < 4.78 is 16.8. The lowest BCUT2D eigenvalue weighted by atomic mass is 10.2. The molecule has 1 aliphatic heterocycles. The third-order valence-corrected chi connectivity index (χ3v) is 5.09. The first-order chi connectivity index (χ1) is 15.3. The highest BCUT2D eigenvalue weighted by Gasteiger charge is 2.11. The Bertz CT molecular complexity index is 828. The molecule has 1 aliphatic rings. The van der Waals surface area contributed by atoms with Crippen LogP contribution >= 0.6 is 24.0 Å². The van der Waals surface area contributed by atoms with Gasteiger partial charge in [0.05, 0.1) is 26.9 Å². The molecule has 1 heterocycles. The molecule has 7 nitrogen and oxygen atoms in total. The zero-order chi connectivity index (χ0) is 21.7. The molecule has 8 heteroatoms. The first-order valence-corrected chi connectivity index (χ1v) is 10.9. The van der Waals surface area contributed by atoms with Crippen molar-refractivity contribution in [3.05, 3.63) is 59.7 Å². The summed E-state index contributed by atoms with van der Waals surface area (Å²) in [5, 5.41) is 6.72. The maximum absolute atomic E-state index is 6.09. The summed E-state index contributed by atoms with van der Waals surface area (Å²) in [6.07, 6.45) is 0. The molecule has 3 rings (SSSR count). The van der Waals surface area contributed by atoms with Crippen molar-refractivity contribution < 1.29 is 14.2 Å². The van der Waals surface area contributed by atoms with Crippen molar-refractivity contribution in [2.45, 2.75) is 20.0 Å². The number of aliphatic imine (C=N–C) groups is 1. The van der Waals surface area contributed by atoms with E-state index in [1.165, 1.54) is 0 Å². The van der Waals surface area contributed by atoms with E-state index in [0.29, 0.717) is 19.7 Å². The number of morpholine rings is 1. The predicted octanol–water partition coefficient (Wildman–Crippen LogP) is 3.28. The monoisotopic (exact) mass is 554 g/mol. The summed E-state index contributed by atoms with van der Waals surface area (Å²) in [7, 11) is 1.68. The zero-order valence-corrected chi connectivity index (χ0v) is 21.3. The molecule has 32 heavy (non-hydrogen) atoms. The molecule has 0 saturated carbocycles. The molecular weight excluding hydrogens is 519 g/mol. The number of para-hydroxylation sites is 1. The first-order valence-electron chi connectivity index (χ1n) is 10.9. The Morgan fingerprint density at radius 2 is 1.91 bits per heavy atom. The summed E-state index contributed by atoms with van der Waals surface area (Å²) in [4.78, 5) is 7.08. The number of hydrogen-bond donors (Lipinski definition) is 2. The number of rotatable bonds is 10. The fourth-order valence-corrected chi connectivity index (χ4v) is 3.36. The van der Waals surface area contributed by atoms with Gasteiger partial charge in [-0.3, -0.25) is 4.90 Å². The van der Waals surface area contributed by atoms with Gasteiger partial charge < -0.3 is 24.8 Å². The van der Waals surface area contributed by atoms with E-state index in [4.69, 9.17) is 19.2 Å². The van der Waals surface area contributed by atoms with Crippen molar-refractivity contribution in [2.24, 2.45) is 4.99 Å². The van der Waals surface area contributed by atoms with E-state index in [2.05, 4.69) is 28.5 Å². The van der Waals surface area contributed by atoms with E-state index in [9.17, 15) is 0 Å². The van der Waals surface area contributed by atoms with Crippen molar-refractivity contribution in [3.63, 3.8) is 0 Å². The highest BCUT2D eigenvalue weighted by atomic mass is 127. The molecule has 0 spiro atoms. The van der Waals surface area contributed by atoms with Crippen molar-refractivity contribution in [3.8, 4) is 11.5 Å². The molecule has 2 N–H and O–H groups in total. The Hall–Kier alpha value is -2.04. The number of methoxy groups -OCH3 is 1. The summed E-state index contributed by atoms with van der Waals surface area (Å²) >= 11 is 0. The van der Waals surface area contributed by atoms with E-state index in [0.717, 1.165) is 68.0 Å². The quantitative estimate of drug-likeness (QED) is 0.267. The Labute approximate surface area is 208 Å². The number of benzene rings is 2. The second-order valence-electron chi connectivity index (χ2n) is 7.31. The molecule has 0 atom stereocenters. The van der Waals surface area contributed by atoms with Crippen molar-refractivity contribution in [2.75, 3.05) is 53.1 Å². The number of guanidine groups is 1. The fourth-order valence-electron chi connectivity index (χ4n) is 3.36. The SMILES string of the molecule is CCNC(=NCc1cccc(OC)c1)NCc1ccccc1OCCN1CCOCC1.I. The first kappa shape index (κ1) is 26.2. The van der Waals surface area contributed by atoms with Crippen LogP contribution in [-0.4, -0.2) is 64.0 Å². The molecule has 0 amide bonds. The Kier molecular flexibility index (Phi) is 12.2. The minimum Gasteiger partial charge on any atom is -0.497 e. The summed E-state index contributed by atoms with van der Waals surface area (Å²) in [6.45, 7) is 9.21. The minimum absolute atomic E-state index is 0. The van der Waals surface area contributed by atoms with Gasteiger partial charge in [-0.1, -0.05) is 30.3 Å². The van der Waals surface area contributed by atoms with E-state index in [1.54, 1.807) is 7.11 Å². The van der Waals surface area contributed by atoms with Gasteiger partial charge in [-0.05, 0) is 30.7 Å². The van der Waals surface area contributed by atoms with Gasteiger partial charge in [-0.25, -0.2) is 4.99 Å². The van der Waals surface area contributed by atoms with Crippen LogP contribution in [0.5, 0.6) is 11.5 Å². The number of halogens is 1. The third kappa shape index (κ3) is 8.84. The van der Waals surface area contributed by atoms with Gasteiger partial charge in [0.25, 0.3) is 0 Å². The van der Waals surface area contributed by atoms with Gasteiger partial charge in [-0.15, -0.1) is 24.0 Å². The third-order valence-electron chi connectivity index (χ3n) is 5.09. The minimum atomic E-state index is 0. The highest BCUT2D eigenvalue weighted by Crippen LogP contribution is 2.18. The van der Waals surface area contributed by atoms with Crippen molar-refractivity contribution in [1.82, 2.24) is 15.5 Å². The van der Waals surface area contributed by atoms with Crippen molar-refractivity contribution >= 4 is 29.9 Å². The number of hydrogen-bond acceptors (Lipinski definition) is 5. The normalized spacial score (nSPS) is 14.4. The molecule has 1 saturated heterocycles. The lowest BCUT2D eigenvalue weighted by Gasteiger charge is -2.26. The lowest BCUT2D eigenvalue weighted by Crippen LogP contribution is -2.38. The Balaban J connectivity index is 0.00000363. The van der Waals surface area contributed by atoms with Crippen LogP contribution in [0.4, 0.5) is 0 Å². The average molecular weight is 554 g/mol. The van der Waals surface area contributed by atoms with Gasteiger partial charge in [0, 0.05) is 38.3 Å². The van der Waals surface area contributed by atoms with E-state index >= 15 is 0 Å². The second-order valence-corrected chi connectivity index (χ2v) is 7.31. The van der Waals surface area contributed by atoms with Crippen LogP contribution in [0.15, 0.2) is 53.5 Å². The molecule has 1 fully saturated rings. The summed E-state index contributed by atoms with van der Waals surface area (Å²) in [5.41, 5.74) is 2.21. The van der Waals surface area contributed by atoms with Crippen LogP contribution in [-0.2, 0) is 17.8 Å². The molecule has 0 bridgehead atoms. The van der Waals surface area contributed by atoms with Crippen LogP contribution in [0.25, 0.3) is 0 Å². The molecule has 176 valence electrons. The van der Waals surface area contributed by atoms with E-state index in [-0.39, 0.29) is 24.0 Å². The van der Waals surface area contributed by atoms with Gasteiger partial charge >= 0.3 is 0 Å². The molecule has 2 aromatic rings. The second kappa shape index (κ2) is 14.9. The van der Waals surface area contributed by atoms with Crippen LogP contribution in [0.2, 0.25) is 0 Å². The van der Waals surface area contributed by atoms with E-state index < -0.39 is 0 Å². The zero-order valence-electron chi connectivity index (χ0n) is 19.0. The lowest BCUT2D eigenvalue weighted by molar-refractivity contribution is 0.0322. The summed E-state index contributed by atoms with van der Waals surface area (Å²) in [6, 6.07) is 16.1. The number of ether oxygens (including phenoxy) is 3. The average Bonchev–Trinajstić information content (AvgIpc) is 2.82. The molecule has 0 radical (unpaired) electrons. The van der Waals surface area contributed by atoms with Gasteiger partial charge in [0.15, 0.2) is 5.96 Å². The summed E-state index contributed by atoms with van der Waals surface area (Å²) in [5.74, 6) is 2.52. The maximum atomic E-state index is 6.09. The fraction of sp³-hybridized carbons (Fsp3) is 0.458. The molecule has 0 aliphatic carbocycles. The van der Waals surface area contributed by atoms with Gasteiger partial charge in [-0.2, -0.15) is 0 Å². The molecule has 2 aromatic carbocycles. The number of nitrogens with zero attached hydrogens (tertiary/aromatic N) is 2. The highest BCUT2D eigenvalue weighted by molar-refractivity contribution is 14.0. The Morgan fingerprint density at radius 3 is 2.69 bits per heavy atom. The molecule has 0 aromatic heterocycles. The predicted molar refractivity (Wildman–Crippen MR) is 139 cm³/mol. The number of nitrogens with one attached hydrogen (secondary N) is 2. The van der Waals surface area contributed by atoms with Crippen LogP contribution in [0, 0.1) is 0 Å². The van der Waals surface area contributed by atoms with Crippen LogP contribution in [0.1, 0.15) is 18.1 Å². The van der Waals surface area contributed by atoms with Crippen LogP contribution < -0.4 is 20.1 Å². The standard InChI is InChI=1S/C24H34N4O3.HI/c1-3-25-24(26-18-20-7-6-9-22(17-20)29-2)27-19-21-8-4-5-10-23(21)31-16-13-28-11-14-30-15-12-28;/h4-10,17H,3,11-16,18-19H2,1-2H3,(H2,25,26,27);1H. The maximum Gasteiger partial charge on any atom is 0.191 e. The molecule has 0 unspecified atom stereocenters. The topological polar surface area (TPSA) is 67.4 Å².